The predicted molar refractivity (Wildman–Crippen MR) is 182 cm³/mol. The van der Waals surface area contributed by atoms with Gasteiger partial charge in [0, 0.05) is 24.1 Å². The first-order valence-corrected chi connectivity index (χ1v) is 19.3. The quantitative estimate of drug-likeness (QED) is 0.0792. The molecule has 39 heavy (non-hydrogen) atoms. The van der Waals surface area contributed by atoms with Crippen molar-refractivity contribution >= 4 is 29.6 Å². The molecule has 0 aromatic heterocycles. The van der Waals surface area contributed by atoms with E-state index in [1.165, 1.54) is 127 Å². The fourth-order valence-corrected chi connectivity index (χ4v) is 7.41. The fourth-order valence-electron chi connectivity index (χ4n) is 4.87. The molecule has 0 radical (unpaired) electrons. The normalized spacial score (nSPS) is 12.2. The van der Waals surface area contributed by atoms with Gasteiger partial charge in [-0.3, -0.25) is 0 Å². The number of hydrogen-bond acceptors (Lipinski definition) is 4. The number of rotatable bonds is 31. The van der Waals surface area contributed by atoms with Crippen molar-refractivity contribution in [3.63, 3.8) is 0 Å². The molecule has 2 N–H and O–H groups in total. The molecule has 0 bridgehead atoms. The van der Waals surface area contributed by atoms with Crippen molar-refractivity contribution in [2.75, 3.05) is 50.0 Å². The number of unbranched alkanes of at least 4 members (excludes halogenated alkanes) is 16. The number of amides is 2. The van der Waals surface area contributed by atoms with Crippen molar-refractivity contribution < 1.29 is 4.79 Å². The lowest BCUT2D eigenvalue weighted by Gasteiger charge is -2.19. The van der Waals surface area contributed by atoms with Gasteiger partial charge in [-0.1, -0.05) is 130 Å². The van der Waals surface area contributed by atoms with Crippen LogP contribution in [0.2, 0.25) is 0 Å². The SMILES string of the molecule is CCCCCCCCCCCSCC(CNC(=O)NCCCN(CC)CC)SCCCCCCCCCCC. The summed E-state index contributed by atoms with van der Waals surface area (Å²) in [5.74, 6) is 3.65. The largest absolute Gasteiger partial charge is 0.338 e. The molecule has 0 heterocycles. The smallest absolute Gasteiger partial charge is 0.314 e. The lowest BCUT2D eigenvalue weighted by atomic mass is 10.1. The van der Waals surface area contributed by atoms with Gasteiger partial charge in [0.15, 0.2) is 0 Å². The van der Waals surface area contributed by atoms with Crippen LogP contribution in [-0.4, -0.2) is 66.2 Å². The van der Waals surface area contributed by atoms with E-state index < -0.39 is 0 Å². The topological polar surface area (TPSA) is 44.4 Å². The molecular formula is C33H69N3OS2. The van der Waals surface area contributed by atoms with Gasteiger partial charge in [-0.05, 0) is 50.4 Å². The molecule has 6 heteroatoms. The first-order valence-electron chi connectivity index (χ1n) is 17.1. The van der Waals surface area contributed by atoms with Crippen molar-refractivity contribution in [2.45, 2.75) is 155 Å². The van der Waals surface area contributed by atoms with Gasteiger partial charge in [0.1, 0.15) is 0 Å². The minimum absolute atomic E-state index is 0.00663. The summed E-state index contributed by atoms with van der Waals surface area (Å²) in [6, 6.07) is 0.00663. The van der Waals surface area contributed by atoms with Gasteiger partial charge in [-0.15, -0.1) is 0 Å². The van der Waals surface area contributed by atoms with Gasteiger partial charge < -0.3 is 15.5 Å². The van der Waals surface area contributed by atoms with Gasteiger partial charge >= 0.3 is 6.03 Å². The summed E-state index contributed by atoms with van der Waals surface area (Å²) >= 11 is 4.19. The third kappa shape index (κ3) is 29.2. The lowest BCUT2D eigenvalue weighted by Crippen LogP contribution is -2.40. The summed E-state index contributed by atoms with van der Waals surface area (Å²) < 4.78 is 0. The van der Waals surface area contributed by atoms with E-state index in [4.69, 9.17) is 0 Å². The highest BCUT2D eigenvalue weighted by atomic mass is 32.2. The summed E-state index contributed by atoms with van der Waals surface area (Å²) in [6.07, 6.45) is 26.0. The van der Waals surface area contributed by atoms with Gasteiger partial charge in [-0.2, -0.15) is 23.5 Å². The predicted octanol–water partition coefficient (Wildman–Crippen LogP) is 9.91. The Labute approximate surface area is 254 Å². The zero-order valence-corrected chi connectivity index (χ0v) is 28.5. The number of carbonyl (C=O) groups is 1. The van der Waals surface area contributed by atoms with Gasteiger partial charge in [0.2, 0.25) is 0 Å². The highest BCUT2D eigenvalue weighted by Gasteiger charge is 2.12. The first-order chi connectivity index (χ1) is 19.2. The summed E-state index contributed by atoms with van der Waals surface area (Å²) in [4.78, 5) is 14.8. The van der Waals surface area contributed by atoms with Gasteiger partial charge in [0.25, 0.3) is 0 Å². The molecule has 1 atom stereocenters. The van der Waals surface area contributed by atoms with E-state index in [9.17, 15) is 4.79 Å². The third-order valence-electron chi connectivity index (χ3n) is 7.62. The van der Waals surface area contributed by atoms with Crippen molar-refractivity contribution in [3.8, 4) is 0 Å². The molecule has 2 amide bonds. The van der Waals surface area contributed by atoms with Crippen molar-refractivity contribution in [2.24, 2.45) is 0 Å². The van der Waals surface area contributed by atoms with Crippen LogP contribution in [0.4, 0.5) is 4.79 Å². The van der Waals surface area contributed by atoms with E-state index in [2.05, 4.69) is 66.8 Å². The van der Waals surface area contributed by atoms with E-state index in [1.807, 2.05) is 0 Å². The van der Waals surface area contributed by atoms with Crippen LogP contribution in [0.15, 0.2) is 0 Å². The maximum Gasteiger partial charge on any atom is 0.314 e. The Morgan fingerprint density at radius 1 is 0.615 bits per heavy atom. The monoisotopic (exact) mass is 587 g/mol. The van der Waals surface area contributed by atoms with Gasteiger partial charge in [-0.25, -0.2) is 4.79 Å². The number of carbonyl (C=O) groups excluding carboxylic acids is 1. The van der Waals surface area contributed by atoms with E-state index in [1.54, 1.807) is 0 Å². The molecule has 0 aromatic rings. The van der Waals surface area contributed by atoms with Crippen LogP contribution < -0.4 is 10.6 Å². The number of hydrogen-bond donors (Lipinski definition) is 2. The molecule has 0 spiro atoms. The Balaban J connectivity index is 4.09. The number of urea groups is 1. The number of nitrogens with one attached hydrogen (secondary N) is 2. The Morgan fingerprint density at radius 2 is 1.10 bits per heavy atom. The minimum atomic E-state index is 0.00663. The first kappa shape index (κ1) is 38.9. The van der Waals surface area contributed by atoms with Crippen LogP contribution >= 0.6 is 23.5 Å². The maximum absolute atomic E-state index is 12.4. The summed E-state index contributed by atoms with van der Waals surface area (Å²) in [7, 11) is 0. The molecule has 0 aliphatic carbocycles. The zero-order valence-electron chi connectivity index (χ0n) is 26.8. The average molecular weight is 588 g/mol. The lowest BCUT2D eigenvalue weighted by molar-refractivity contribution is 0.239. The fraction of sp³-hybridized carbons (Fsp3) is 0.970. The molecule has 4 nitrogen and oxygen atoms in total. The van der Waals surface area contributed by atoms with Crippen molar-refractivity contribution in [1.29, 1.82) is 0 Å². The summed E-state index contributed by atoms with van der Waals surface area (Å²) in [5, 5.41) is 6.76. The zero-order chi connectivity index (χ0) is 28.7. The standard InChI is InChI=1S/C33H69N3OS2/c1-5-9-11-13-15-17-19-21-23-28-38-31-32(39-29-24-22-20-18-16-14-12-10-6-2)30-35-33(37)34-26-25-27-36(7-3)8-4/h32H,5-31H2,1-4H3,(H2,34,35,37). The third-order valence-corrected chi connectivity index (χ3v) is 10.4. The summed E-state index contributed by atoms with van der Waals surface area (Å²) in [6.45, 7) is 13.7. The Morgan fingerprint density at radius 3 is 1.62 bits per heavy atom. The van der Waals surface area contributed by atoms with Crippen molar-refractivity contribution in [1.82, 2.24) is 15.5 Å². The second-order valence-electron chi connectivity index (χ2n) is 11.2. The Hall–Kier alpha value is -0.0700. The molecule has 0 fully saturated rings. The van der Waals surface area contributed by atoms with E-state index in [0.717, 1.165) is 44.9 Å². The van der Waals surface area contributed by atoms with E-state index in [-0.39, 0.29) is 6.03 Å². The van der Waals surface area contributed by atoms with Crippen LogP contribution in [0.25, 0.3) is 0 Å². The maximum atomic E-state index is 12.4. The van der Waals surface area contributed by atoms with Crippen LogP contribution in [-0.2, 0) is 0 Å². The molecule has 0 saturated heterocycles. The molecule has 234 valence electrons. The molecule has 0 aromatic carbocycles. The molecule has 0 saturated carbocycles. The second kappa shape index (κ2) is 32.4. The van der Waals surface area contributed by atoms with Crippen LogP contribution in [0.1, 0.15) is 150 Å². The minimum Gasteiger partial charge on any atom is -0.338 e. The Kier molecular flexibility index (Phi) is 32.4. The van der Waals surface area contributed by atoms with E-state index >= 15 is 0 Å². The van der Waals surface area contributed by atoms with E-state index in [0.29, 0.717) is 5.25 Å². The Bertz CT molecular complexity index is 492. The highest BCUT2D eigenvalue weighted by Crippen LogP contribution is 2.20. The number of thioether (sulfide) groups is 2. The summed E-state index contributed by atoms with van der Waals surface area (Å²) in [5.41, 5.74) is 0. The highest BCUT2D eigenvalue weighted by molar-refractivity contribution is 8.03. The van der Waals surface area contributed by atoms with Gasteiger partial charge in [0.05, 0.1) is 0 Å². The van der Waals surface area contributed by atoms with Crippen molar-refractivity contribution in [3.05, 3.63) is 0 Å². The molecule has 0 rings (SSSR count). The van der Waals surface area contributed by atoms with Crippen LogP contribution in [0.3, 0.4) is 0 Å². The van der Waals surface area contributed by atoms with Crippen LogP contribution in [0.5, 0.6) is 0 Å². The molecule has 1 unspecified atom stereocenters. The molecular weight excluding hydrogens is 519 g/mol. The average Bonchev–Trinajstić information content (AvgIpc) is 2.95. The number of nitrogens with zero attached hydrogens (tertiary/aromatic N) is 1. The van der Waals surface area contributed by atoms with Crippen LogP contribution in [0, 0.1) is 0 Å². The molecule has 0 aliphatic rings. The molecule has 0 aliphatic heterocycles. The second-order valence-corrected chi connectivity index (χ2v) is 13.8.